The number of amides is 1. The molecule has 1 aliphatic heterocycles. The van der Waals surface area contributed by atoms with Gasteiger partial charge in [-0.05, 0) is 39.5 Å². The number of hydrogen-bond donors (Lipinski definition) is 1. The first-order valence-corrected chi connectivity index (χ1v) is 7.53. The van der Waals surface area contributed by atoms with E-state index in [-0.39, 0.29) is 24.7 Å². The summed E-state index contributed by atoms with van der Waals surface area (Å²) in [6, 6.07) is 0.171. The third-order valence-corrected chi connectivity index (χ3v) is 4.39. The van der Waals surface area contributed by atoms with Crippen LogP contribution in [0.4, 0.5) is 4.79 Å². The van der Waals surface area contributed by atoms with Gasteiger partial charge < -0.3 is 14.7 Å². The number of ether oxygens (including phenoxy) is 1. The second kappa shape index (κ2) is 5.70. The molecule has 2 aliphatic rings. The molecule has 1 N–H and O–H groups in total. The van der Waals surface area contributed by atoms with Gasteiger partial charge in [-0.25, -0.2) is 4.79 Å². The smallest absolute Gasteiger partial charge is 0.410 e. The maximum Gasteiger partial charge on any atom is 0.410 e. The molecule has 0 aromatic heterocycles. The van der Waals surface area contributed by atoms with Crippen molar-refractivity contribution in [1.29, 1.82) is 0 Å². The molecule has 110 valence electrons. The van der Waals surface area contributed by atoms with Crippen molar-refractivity contribution in [1.82, 2.24) is 4.90 Å². The van der Waals surface area contributed by atoms with Gasteiger partial charge in [-0.1, -0.05) is 19.3 Å². The van der Waals surface area contributed by atoms with Crippen LogP contribution >= 0.6 is 0 Å². The van der Waals surface area contributed by atoms with Gasteiger partial charge in [0.05, 0.1) is 0 Å². The highest BCUT2D eigenvalue weighted by molar-refractivity contribution is 5.69. The van der Waals surface area contributed by atoms with E-state index in [4.69, 9.17) is 4.74 Å². The molecule has 1 amide bonds. The van der Waals surface area contributed by atoms with Crippen molar-refractivity contribution in [2.75, 3.05) is 13.2 Å². The molecule has 1 heterocycles. The summed E-state index contributed by atoms with van der Waals surface area (Å²) >= 11 is 0. The maximum absolute atomic E-state index is 12.2. The average Bonchev–Trinajstić information content (AvgIpc) is 2.68. The number of rotatable bonds is 3. The average molecular weight is 269 g/mol. The van der Waals surface area contributed by atoms with Crippen LogP contribution in [0.25, 0.3) is 0 Å². The molecule has 4 nitrogen and oxygen atoms in total. The predicted molar refractivity (Wildman–Crippen MR) is 73.9 cm³/mol. The molecule has 2 unspecified atom stereocenters. The van der Waals surface area contributed by atoms with E-state index in [0.717, 1.165) is 19.4 Å². The highest BCUT2D eigenvalue weighted by atomic mass is 16.6. The molecule has 2 rings (SSSR count). The summed E-state index contributed by atoms with van der Waals surface area (Å²) in [6.45, 7) is 6.64. The van der Waals surface area contributed by atoms with Gasteiger partial charge in [0, 0.05) is 25.1 Å². The predicted octanol–water partition coefficient (Wildman–Crippen LogP) is 2.79. The maximum atomic E-state index is 12.2. The van der Waals surface area contributed by atoms with Crippen LogP contribution in [-0.2, 0) is 4.74 Å². The van der Waals surface area contributed by atoms with Gasteiger partial charge in [0.2, 0.25) is 0 Å². The third kappa shape index (κ3) is 3.41. The van der Waals surface area contributed by atoms with E-state index in [1.54, 1.807) is 0 Å². The molecule has 0 spiro atoms. The van der Waals surface area contributed by atoms with Crippen LogP contribution in [0.3, 0.4) is 0 Å². The second-order valence-electron chi connectivity index (χ2n) is 6.92. The van der Waals surface area contributed by atoms with Gasteiger partial charge in [0.15, 0.2) is 0 Å². The highest BCUT2D eigenvalue weighted by Crippen LogP contribution is 2.39. The number of aliphatic hydroxyl groups excluding tert-OH is 1. The fourth-order valence-corrected chi connectivity index (χ4v) is 3.24. The van der Waals surface area contributed by atoms with Gasteiger partial charge in [0.25, 0.3) is 0 Å². The first kappa shape index (κ1) is 14.6. The van der Waals surface area contributed by atoms with Gasteiger partial charge in [-0.2, -0.15) is 0 Å². The summed E-state index contributed by atoms with van der Waals surface area (Å²) < 4.78 is 5.48. The van der Waals surface area contributed by atoms with Crippen LogP contribution in [0.15, 0.2) is 0 Å². The quantitative estimate of drug-likeness (QED) is 0.857. The minimum Gasteiger partial charge on any atom is -0.444 e. The second-order valence-corrected chi connectivity index (χ2v) is 6.92. The van der Waals surface area contributed by atoms with E-state index in [1.165, 1.54) is 19.3 Å². The van der Waals surface area contributed by atoms with Crippen molar-refractivity contribution in [2.45, 2.75) is 64.5 Å². The van der Waals surface area contributed by atoms with Crippen LogP contribution < -0.4 is 0 Å². The van der Waals surface area contributed by atoms with E-state index in [0.29, 0.717) is 5.92 Å². The summed E-state index contributed by atoms with van der Waals surface area (Å²) in [6.07, 6.45) is 5.47. The Morgan fingerprint density at radius 1 is 1.32 bits per heavy atom. The lowest BCUT2D eigenvalue weighted by Gasteiger charge is -2.40. The summed E-state index contributed by atoms with van der Waals surface area (Å²) in [5.41, 5.74) is -0.449. The van der Waals surface area contributed by atoms with Crippen molar-refractivity contribution in [3.63, 3.8) is 0 Å². The standard InChI is InChI=1S/C15H27NO3/c1-15(2,3)19-14(18)16-9-5-8-13(16)12(10-17)11-6-4-7-11/h11-13,17H,4-10H2,1-3H3. The molecule has 1 aliphatic carbocycles. The molecular formula is C15H27NO3. The zero-order valence-electron chi connectivity index (χ0n) is 12.4. The van der Waals surface area contributed by atoms with Crippen molar-refractivity contribution in [2.24, 2.45) is 11.8 Å². The molecule has 0 aromatic rings. The fourth-order valence-electron chi connectivity index (χ4n) is 3.24. The highest BCUT2D eigenvalue weighted by Gasteiger charge is 2.41. The molecule has 1 saturated carbocycles. The number of carbonyl (C=O) groups is 1. The van der Waals surface area contributed by atoms with Crippen LogP contribution in [0.2, 0.25) is 0 Å². The molecule has 0 aromatic carbocycles. The van der Waals surface area contributed by atoms with Crippen molar-refractivity contribution < 1.29 is 14.6 Å². The third-order valence-electron chi connectivity index (χ3n) is 4.39. The topological polar surface area (TPSA) is 49.8 Å². The molecule has 2 atom stereocenters. The Labute approximate surface area is 116 Å². The number of aliphatic hydroxyl groups is 1. The van der Waals surface area contributed by atoms with Crippen LogP contribution in [0.1, 0.15) is 52.9 Å². The van der Waals surface area contributed by atoms with E-state index in [2.05, 4.69) is 0 Å². The van der Waals surface area contributed by atoms with Gasteiger partial charge in [-0.3, -0.25) is 0 Å². The van der Waals surface area contributed by atoms with Gasteiger partial charge in [0.1, 0.15) is 5.60 Å². The molecule has 0 bridgehead atoms. The minimum atomic E-state index is -0.449. The Kier molecular flexibility index (Phi) is 4.39. The van der Waals surface area contributed by atoms with E-state index >= 15 is 0 Å². The first-order valence-electron chi connectivity index (χ1n) is 7.53. The number of nitrogens with zero attached hydrogens (tertiary/aromatic N) is 1. The Morgan fingerprint density at radius 2 is 2.00 bits per heavy atom. The monoisotopic (exact) mass is 269 g/mol. The lowest BCUT2D eigenvalue weighted by Crippen LogP contribution is -2.47. The van der Waals surface area contributed by atoms with E-state index < -0.39 is 5.60 Å². The molecule has 19 heavy (non-hydrogen) atoms. The molecule has 4 heteroatoms. The Hall–Kier alpha value is -0.770. The van der Waals surface area contributed by atoms with Crippen molar-refractivity contribution in [3.05, 3.63) is 0 Å². The Bertz CT molecular complexity index is 320. The summed E-state index contributed by atoms with van der Waals surface area (Å²) in [4.78, 5) is 14.1. The van der Waals surface area contributed by atoms with Gasteiger partial charge >= 0.3 is 6.09 Å². The van der Waals surface area contributed by atoms with Crippen molar-refractivity contribution in [3.8, 4) is 0 Å². The Morgan fingerprint density at radius 3 is 2.47 bits per heavy atom. The molecule has 1 saturated heterocycles. The van der Waals surface area contributed by atoms with E-state index in [9.17, 15) is 9.90 Å². The van der Waals surface area contributed by atoms with Crippen LogP contribution in [-0.4, -0.2) is 40.9 Å². The first-order chi connectivity index (χ1) is 8.92. The van der Waals surface area contributed by atoms with Crippen LogP contribution in [0, 0.1) is 11.8 Å². The summed E-state index contributed by atoms with van der Waals surface area (Å²) in [7, 11) is 0. The number of likely N-dealkylation sites (tertiary alicyclic amines) is 1. The minimum absolute atomic E-state index is 0.171. The van der Waals surface area contributed by atoms with Gasteiger partial charge in [-0.15, -0.1) is 0 Å². The van der Waals surface area contributed by atoms with Crippen molar-refractivity contribution >= 4 is 6.09 Å². The number of carbonyl (C=O) groups excluding carboxylic acids is 1. The SMILES string of the molecule is CC(C)(C)OC(=O)N1CCCC1C(CO)C1CCC1. The summed E-state index contributed by atoms with van der Waals surface area (Å²) in [5, 5.41) is 9.68. The largest absolute Gasteiger partial charge is 0.444 e. The lowest BCUT2D eigenvalue weighted by molar-refractivity contribution is 0.00259. The molecule has 2 fully saturated rings. The number of hydrogen-bond acceptors (Lipinski definition) is 3. The molecular weight excluding hydrogens is 242 g/mol. The lowest BCUT2D eigenvalue weighted by atomic mass is 9.72. The molecule has 0 radical (unpaired) electrons. The van der Waals surface area contributed by atoms with E-state index in [1.807, 2.05) is 25.7 Å². The Balaban J connectivity index is 2.00. The summed E-state index contributed by atoms with van der Waals surface area (Å²) in [5.74, 6) is 0.835. The zero-order valence-corrected chi connectivity index (χ0v) is 12.4. The van der Waals surface area contributed by atoms with Crippen LogP contribution in [0.5, 0.6) is 0 Å². The zero-order chi connectivity index (χ0) is 14.0. The fraction of sp³-hybridized carbons (Fsp3) is 0.933. The normalized spacial score (nSPS) is 26.1.